The number of carbonyl (C=O) groups is 1. The van der Waals surface area contributed by atoms with Gasteiger partial charge in [0.05, 0.1) is 5.56 Å². The van der Waals surface area contributed by atoms with Crippen molar-refractivity contribution in [2.75, 3.05) is 6.61 Å². The first-order valence-electron chi connectivity index (χ1n) is 4.99. The van der Waals surface area contributed by atoms with E-state index in [2.05, 4.69) is 0 Å². The van der Waals surface area contributed by atoms with Gasteiger partial charge in [0.25, 0.3) is 0 Å². The summed E-state index contributed by atoms with van der Waals surface area (Å²) in [6.07, 6.45) is -3.49. The first-order valence-corrected chi connectivity index (χ1v) is 4.99. The summed E-state index contributed by atoms with van der Waals surface area (Å²) in [5, 5.41) is 8.45. The van der Waals surface area contributed by atoms with Crippen LogP contribution in [0.3, 0.4) is 0 Å². The molecule has 0 amide bonds. The Morgan fingerprint density at radius 3 is 2.67 bits per heavy atom. The van der Waals surface area contributed by atoms with E-state index in [4.69, 9.17) is 9.84 Å². The van der Waals surface area contributed by atoms with Crippen LogP contribution in [0.15, 0.2) is 35.9 Å². The van der Waals surface area contributed by atoms with Crippen LogP contribution in [0.1, 0.15) is 12.5 Å². The van der Waals surface area contributed by atoms with Crippen molar-refractivity contribution in [2.45, 2.75) is 13.1 Å². The summed E-state index contributed by atoms with van der Waals surface area (Å²) in [5.74, 6) is -1.08. The Morgan fingerprint density at radius 1 is 1.44 bits per heavy atom. The second-order valence-corrected chi connectivity index (χ2v) is 3.64. The molecule has 0 aliphatic carbocycles. The molecule has 3 nitrogen and oxygen atoms in total. The summed E-state index contributed by atoms with van der Waals surface area (Å²) in [5.41, 5.74) is -0.403. The van der Waals surface area contributed by atoms with Crippen molar-refractivity contribution in [3.63, 3.8) is 0 Å². The molecule has 18 heavy (non-hydrogen) atoms. The Labute approximate surface area is 101 Å². The number of ether oxygens (including phenoxy) is 1. The van der Waals surface area contributed by atoms with Crippen LogP contribution >= 0.6 is 0 Å². The van der Waals surface area contributed by atoms with Gasteiger partial charge in [-0.15, -0.1) is 0 Å². The van der Waals surface area contributed by atoms with Crippen LogP contribution < -0.4 is 4.74 Å². The largest absolute Gasteiger partial charge is 0.489 e. The predicted molar refractivity (Wildman–Crippen MR) is 58.3 cm³/mol. The molecule has 1 rings (SSSR count). The van der Waals surface area contributed by atoms with E-state index >= 15 is 0 Å². The van der Waals surface area contributed by atoms with Gasteiger partial charge >= 0.3 is 12.1 Å². The fraction of sp³-hybridized carbons (Fsp3) is 0.250. The highest BCUT2D eigenvalue weighted by Gasteiger charge is 2.30. The van der Waals surface area contributed by atoms with E-state index in [0.29, 0.717) is 5.57 Å². The minimum atomic E-state index is -4.43. The van der Waals surface area contributed by atoms with E-state index in [0.717, 1.165) is 18.2 Å². The predicted octanol–water partition coefficient (Wildman–Crippen LogP) is 3.12. The van der Waals surface area contributed by atoms with E-state index in [1.807, 2.05) is 0 Å². The number of carboxylic acids is 1. The molecule has 0 radical (unpaired) electrons. The Morgan fingerprint density at radius 2 is 2.11 bits per heavy atom. The Balaban J connectivity index is 2.72. The van der Waals surface area contributed by atoms with Gasteiger partial charge < -0.3 is 9.84 Å². The molecule has 0 saturated carbocycles. The molecule has 0 heterocycles. The molecule has 0 saturated heterocycles. The zero-order valence-corrected chi connectivity index (χ0v) is 9.49. The highest BCUT2D eigenvalue weighted by molar-refractivity contribution is 5.80. The van der Waals surface area contributed by atoms with Crippen molar-refractivity contribution in [3.8, 4) is 5.75 Å². The first-order chi connectivity index (χ1) is 8.29. The van der Waals surface area contributed by atoms with E-state index in [1.165, 1.54) is 19.1 Å². The third kappa shape index (κ3) is 4.48. The van der Waals surface area contributed by atoms with Gasteiger partial charge in [0.15, 0.2) is 0 Å². The summed E-state index contributed by atoms with van der Waals surface area (Å²) in [6.45, 7) is 1.44. The topological polar surface area (TPSA) is 46.5 Å². The molecule has 0 aromatic heterocycles. The fourth-order valence-electron chi connectivity index (χ4n) is 1.21. The molecule has 0 atom stereocenters. The molecule has 0 aliphatic heterocycles. The van der Waals surface area contributed by atoms with Gasteiger partial charge in [-0.2, -0.15) is 13.2 Å². The number of hydrogen-bond acceptors (Lipinski definition) is 2. The Kier molecular flexibility index (Phi) is 4.36. The number of benzene rings is 1. The minimum absolute atomic E-state index is 0.0444. The summed E-state index contributed by atoms with van der Waals surface area (Å²) >= 11 is 0. The van der Waals surface area contributed by atoms with Gasteiger partial charge in [0.2, 0.25) is 0 Å². The van der Waals surface area contributed by atoms with Gasteiger partial charge in [0, 0.05) is 6.08 Å². The van der Waals surface area contributed by atoms with Crippen molar-refractivity contribution in [2.24, 2.45) is 0 Å². The number of alkyl halides is 3. The number of rotatable bonds is 4. The molecule has 0 bridgehead atoms. The summed E-state index contributed by atoms with van der Waals surface area (Å²) in [7, 11) is 0. The van der Waals surface area contributed by atoms with Crippen LogP contribution in [0.4, 0.5) is 13.2 Å². The molecule has 1 aromatic rings. The van der Waals surface area contributed by atoms with Crippen molar-refractivity contribution in [1.82, 2.24) is 0 Å². The number of aliphatic carboxylic acids is 1. The minimum Gasteiger partial charge on any atom is -0.489 e. The summed E-state index contributed by atoms with van der Waals surface area (Å²) in [6, 6.07) is 4.42. The molecule has 6 heteroatoms. The standard InChI is InChI=1S/C12H11F3O3/c1-8(5-11(16)17)7-18-10-4-2-3-9(6-10)12(13,14)15/h2-6H,7H2,1H3,(H,16,17). The quantitative estimate of drug-likeness (QED) is 0.846. The lowest BCUT2D eigenvalue weighted by Crippen LogP contribution is -2.06. The average Bonchev–Trinajstić information content (AvgIpc) is 2.25. The Bertz CT molecular complexity index is 464. The zero-order valence-electron chi connectivity index (χ0n) is 9.49. The maximum atomic E-state index is 12.4. The lowest BCUT2D eigenvalue weighted by molar-refractivity contribution is -0.137. The van der Waals surface area contributed by atoms with Crippen LogP contribution in [-0.2, 0) is 11.0 Å². The van der Waals surface area contributed by atoms with Crippen LogP contribution in [0.5, 0.6) is 5.75 Å². The van der Waals surface area contributed by atoms with Crippen molar-refractivity contribution in [3.05, 3.63) is 41.5 Å². The van der Waals surface area contributed by atoms with Gasteiger partial charge in [-0.1, -0.05) is 6.07 Å². The lowest BCUT2D eigenvalue weighted by Gasteiger charge is -2.10. The fourth-order valence-corrected chi connectivity index (χ4v) is 1.21. The highest BCUT2D eigenvalue weighted by atomic mass is 19.4. The molecular weight excluding hydrogens is 249 g/mol. The molecule has 0 aliphatic rings. The van der Waals surface area contributed by atoms with Gasteiger partial charge in [-0.3, -0.25) is 0 Å². The molecule has 98 valence electrons. The van der Waals surface area contributed by atoms with E-state index < -0.39 is 17.7 Å². The molecule has 0 spiro atoms. The average molecular weight is 260 g/mol. The van der Waals surface area contributed by atoms with Gasteiger partial charge in [0.1, 0.15) is 12.4 Å². The number of carboxylic acid groups (broad SMARTS) is 1. The van der Waals surface area contributed by atoms with Crippen LogP contribution in [-0.4, -0.2) is 17.7 Å². The van der Waals surface area contributed by atoms with Crippen LogP contribution in [0.25, 0.3) is 0 Å². The van der Waals surface area contributed by atoms with Crippen LogP contribution in [0, 0.1) is 0 Å². The van der Waals surface area contributed by atoms with E-state index in [1.54, 1.807) is 0 Å². The first kappa shape index (κ1) is 14.1. The maximum Gasteiger partial charge on any atom is 0.416 e. The second kappa shape index (κ2) is 5.57. The lowest BCUT2D eigenvalue weighted by atomic mass is 10.2. The SMILES string of the molecule is CC(=CC(=O)O)COc1cccc(C(F)(F)F)c1. The Hall–Kier alpha value is -1.98. The van der Waals surface area contributed by atoms with E-state index in [-0.39, 0.29) is 12.4 Å². The molecule has 0 unspecified atom stereocenters. The highest BCUT2D eigenvalue weighted by Crippen LogP contribution is 2.31. The van der Waals surface area contributed by atoms with Gasteiger partial charge in [-0.25, -0.2) is 4.79 Å². The number of hydrogen-bond donors (Lipinski definition) is 1. The van der Waals surface area contributed by atoms with E-state index in [9.17, 15) is 18.0 Å². The van der Waals surface area contributed by atoms with Crippen molar-refractivity contribution in [1.29, 1.82) is 0 Å². The molecule has 1 N–H and O–H groups in total. The third-order valence-corrected chi connectivity index (χ3v) is 2.00. The normalized spacial score (nSPS) is 12.3. The smallest absolute Gasteiger partial charge is 0.416 e. The summed E-state index contributed by atoms with van der Waals surface area (Å²) in [4.78, 5) is 10.3. The van der Waals surface area contributed by atoms with Gasteiger partial charge in [-0.05, 0) is 30.7 Å². The van der Waals surface area contributed by atoms with Crippen molar-refractivity contribution < 1.29 is 27.8 Å². The number of halogens is 3. The van der Waals surface area contributed by atoms with Crippen molar-refractivity contribution >= 4 is 5.97 Å². The van der Waals surface area contributed by atoms with Crippen LogP contribution in [0.2, 0.25) is 0 Å². The second-order valence-electron chi connectivity index (χ2n) is 3.64. The molecule has 1 aromatic carbocycles. The molecular formula is C12H11F3O3. The molecule has 0 fully saturated rings. The third-order valence-electron chi connectivity index (χ3n) is 2.00. The monoisotopic (exact) mass is 260 g/mol. The maximum absolute atomic E-state index is 12.4. The summed E-state index contributed by atoms with van der Waals surface area (Å²) < 4.78 is 42.3. The zero-order chi connectivity index (χ0) is 13.8.